The van der Waals surface area contributed by atoms with Crippen molar-refractivity contribution >= 4 is 0 Å². The second-order valence-electron chi connectivity index (χ2n) is 6.31. The number of halogens is 3. The van der Waals surface area contributed by atoms with E-state index in [1.165, 1.54) is 23.1 Å². The van der Waals surface area contributed by atoms with Gasteiger partial charge in [0.2, 0.25) is 0 Å². The van der Waals surface area contributed by atoms with Crippen LogP contribution in [0.4, 0.5) is 13.2 Å². The number of alkyl halides is 3. The fraction of sp³-hybridized carbons (Fsp3) is 0.529. The summed E-state index contributed by atoms with van der Waals surface area (Å²) in [6.07, 6.45) is 0.976. The van der Waals surface area contributed by atoms with E-state index in [1.807, 2.05) is 0 Å². The minimum absolute atomic E-state index is 0.0753. The second-order valence-corrected chi connectivity index (χ2v) is 6.31. The number of hydrogen-bond acceptors (Lipinski definition) is 3. The summed E-state index contributed by atoms with van der Waals surface area (Å²) in [5.74, 6) is 0.00907. The Hall–Kier alpha value is -2.05. The molecule has 1 aliphatic carbocycles. The first kappa shape index (κ1) is 16.8. The monoisotopic (exact) mass is 340 g/mol. The Morgan fingerprint density at radius 3 is 2.58 bits per heavy atom. The molecule has 3 rings (SSSR count). The molecular formula is C17H19F3N2O2. The van der Waals surface area contributed by atoms with Crippen LogP contribution in [-0.2, 0) is 19.1 Å². The zero-order chi connectivity index (χ0) is 17.2. The van der Waals surface area contributed by atoms with Gasteiger partial charge in [0.05, 0.1) is 5.56 Å². The van der Waals surface area contributed by atoms with Crippen molar-refractivity contribution in [2.75, 3.05) is 0 Å². The quantitative estimate of drug-likeness (QED) is 0.844. The third-order valence-corrected chi connectivity index (χ3v) is 4.60. The maximum Gasteiger partial charge on any atom is 0.441 e. The standard InChI is InChI=1S/C17H19F3N2O2/c18-17(19,20)14-9-5-4-8-13(14)10-15-21-24-16(23)22(15)11-12-6-2-1-3-7-12/h4-5,8-9,12H,1-3,6-7,10-11H2. The summed E-state index contributed by atoms with van der Waals surface area (Å²) in [6, 6.07) is 5.35. The zero-order valence-electron chi connectivity index (χ0n) is 13.2. The lowest BCUT2D eigenvalue weighted by Gasteiger charge is -2.21. The highest BCUT2D eigenvalue weighted by molar-refractivity contribution is 5.31. The first-order valence-corrected chi connectivity index (χ1v) is 8.15. The average molecular weight is 340 g/mol. The highest BCUT2D eigenvalue weighted by atomic mass is 19.4. The van der Waals surface area contributed by atoms with Crippen LogP contribution in [0.15, 0.2) is 33.6 Å². The van der Waals surface area contributed by atoms with Crippen molar-refractivity contribution in [3.63, 3.8) is 0 Å². The van der Waals surface area contributed by atoms with Crippen molar-refractivity contribution in [2.45, 2.75) is 51.2 Å². The summed E-state index contributed by atoms with van der Waals surface area (Å²) >= 11 is 0. The van der Waals surface area contributed by atoms with Crippen LogP contribution in [0.3, 0.4) is 0 Å². The Balaban J connectivity index is 1.85. The molecule has 0 amide bonds. The molecule has 0 unspecified atom stereocenters. The molecule has 1 aromatic heterocycles. The van der Waals surface area contributed by atoms with E-state index in [2.05, 4.69) is 5.16 Å². The number of aromatic nitrogens is 2. The van der Waals surface area contributed by atoms with Gasteiger partial charge in [-0.1, -0.05) is 42.6 Å². The molecule has 0 radical (unpaired) electrons. The fourth-order valence-corrected chi connectivity index (χ4v) is 3.35. The van der Waals surface area contributed by atoms with Gasteiger partial charge < -0.3 is 0 Å². The van der Waals surface area contributed by atoms with Gasteiger partial charge in [-0.25, -0.2) is 4.79 Å². The average Bonchev–Trinajstić information content (AvgIpc) is 2.89. The predicted octanol–water partition coefficient (Wildman–Crippen LogP) is 4.03. The Labute approximate surface area is 137 Å². The molecular weight excluding hydrogens is 321 g/mol. The first-order chi connectivity index (χ1) is 11.4. The van der Waals surface area contributed by atoms with E-state index in [4.69, 9.17) is 4.52 Å². The molecule has 0 saturated heterocycles. The third kappa shape index (κ3) is 3.71. The van der Waals surface area contributed by atoms with Gasteiger partial charge >= 0.3 is 11.9 Å². The number of rotatable bonds is 4. The van der Waals surface area contributed by atoms with Gasteiger partial charge in [-0.05, 0) is 30.4 Å². The zero-order valence-corrected chi connectivity index (χ0v) is 13.2. The summed E-state index contributed by atoms with van der Waals surface area (Å²) in [5, 5.41) is 3.71. The van der Waals surface area contributed by atoms with Gasteiger partial charge in [-0.15, -0.1) is 0 Å². The Bertz CT molecular complexity index is 743. The minimum Gasteiger partial charge on any atom is -0.296 e. The van der Waals surface area contributed by atoms with E-state index in [1.54, 1.807) is 6.07 Å². The number of benzene rings is 1. The van der Waals surface area contributed by atoms with E-state index in [-0.39, 0.29) is 17.8 Å². The maximum atomic E-state index is 13.1. The second kappa shape index (κ2) is 6.83. The maximum absolute atomic E-state index is 13.1. The van der Waals surface area contributed by atoms with Gasteiger partial charge in [0.25, 0.3) is 0 Å². The van der Waals surface area contributed by atoms with Gasteiger partial charge in [0.15, 0.2) is 5.82 Å². The molecule has 1 aliphatic rings. The summed E-state index contributed by atoms with van der Waals surface area (Å²) in [5.41, 5.74) is -0.611. The molecule has 4 nitrogen and oxygen atoms in total. The molecule has 0 bridgehead atoms. The summed E-state index contributed by atoms with van der Waals surface area (Å²) in [7, 11) is 0. The van der Waals surface area contributed by atoms with Crippen LogP contribution in [0.2, 0.25) is 0 Å². The van der Waals surface area contributed by atoms with Crippen molar-refractivity contribution in [3.8, 4) is 0 Å². The van der Waals surface area contributed by atoms with Gasteiger partial charge in [-0.3, -0.25) is 9.09 Å². The molecule has 1 saturated carbocycles. The van der Waals surface area contributed by atoms with Crippen LogP contribution < -0.4 is 5.76 Å². The molecule has 0 spiro atoms. The fourth-order valence-electron chi connectivity index (χ4n) is 3.35. The van der Waals surface area contributed by atoms with E-state index >= 15 is 0 Å². The molecule has 7 heteroatoms. The van der Waals surface area contributed by atoms with Gasteiger partial charge in [-0.2, -0.15) is 13.2 Å². The van der Waals surface area contributed by atoms with E-state index in [0.717, 1.165) is 31.7 Å². The lowest BCUT2D eigenvalue weighted by molar-refractivity contribution is -0.138. The highest BCUT2D eigenvalue weighted by Gasteiger charge is 2.33. The van der Waals surface area contributed by atoms with Crippen LogP contribution >= 0.6 is 0 Å². The summed E-state index contributed by atoms with van der Waals surface area (Å²) in [6.45, 7) is 0.464. The van der Waals surface area contributed by atoms with Gasteiger partial charge in [0.1, 0.15) is 0 Å². The summed E-state index contributed by atoms with van der Waals surface area (Å²) < 4.78 is 45.5. The van der Waals surface area contributed by atoms with Crippen LogP contribution in [0.25, 0.3) is 0 Å². The molecule has 24 heavy (non-hydrogen) atoms. The first-order valence-electron chi connectivity index (χ1n) is 8.15. The number of hydrogen-bond donors (Lipinski definition) is 0. The smallest absolute Gasteiger partial charge is 0.296 e. The normalized spacial score (nSPS) is 16.5. The third-order valence-electron chi connectivity index (χ3n) is 4.60. The molecule has 0 aliphatic heterocycles. The Morgan fingerprint density at radius 1 is 1.17 bits per heavy atom. The molecule has 0 N–H and O–H groups in total. The van der Waals surface area contributed by atoms with Crippen LogP contribution in [0, 0.1) is 5.92 Å². The molecule has 1 heterocycles. The van der Waals surface area contributed by atoms with Crippen molar-refractivity contribution < 1.29 is 17.7 Å². The molecule has 1 fully saturated rings. The van der Waals surface area contributed by atoms with E-state index < -0.39 is 17.5 Å². The SMILES string of the molecule is O=c1onc(Cc2ccccc2C(F)(F)F)n1CC1CCCCC1. The lowest BCUT2D eigenvalue weighted by atomic mass is 9.89. The van der Waals surface area contributed by atoms with Crippen LogP contribution in [0.5, 0.6) is 0 Å². The van der Waals surface area contributed by atoms with Crippen LogP contribution in [-0.4, -0.2) is 9.72 Å². The van der Waals surface area contributed by atoms with Crippen molar-refractivity contribution in [3.05, 3.63) is 51.8 Å². The highest BCUT2D eigenvalue weighted by Crippen LogP contribution is 2.32. The Kier molecular flexibility index (Phi) is 4.78. The van der Waals surface area contributed by atoms with Crippen LogP contribution in [0.1, 0.15) is 49.1 Å². The van der Waals surface area contributed by atoms with Gasteiger partial charge in [0, 0.05) is 13.0 Å². The topological polar surface area (TPSA) is 48.0 Å². The number of nitrogens with zero attached hydrogens (tertiary/aromatic N) is 2. The Morgan fingerprint density at radius 2 is 1.88 bits per heavy atom. The lowest BCUT2D eigenvalue weighted by Crippen LogP contribution is -2.24. The molecule has 130 valence electrons. The molecule has 0 atom stereocenters. The largest absolute Gasteiger partial charge is 0.441 e. The van der Waals surface area contributed by atoms with E-state index in [9.17, 15) is 18.0 Å². The predicted molar refractivity (Wildman–Crippen MR) is 81.6 cm³/mol. The van der Waals surface area contributed by atoms with Crippen molar-refractivity contribution in [2.24, 2.45) is 5.92 Å². The van der Waals surface area contributed by atoms with Crippen molar-refractivity contribution in [1.82, 2.24) is 9.72 Å². The minimum atomic E-state index is -4.44. The van der Waals surface area contributed by atoms with Crippen molar-refractivity contribution in [1.29, 1.82) is 0 Å². The summed E-state index contributed by atoms with van der Waals surface area (Å²) in [4.78, 5) is 11.9. The van der Waals surface area contributed by atoms with E-state index in [0.29, 0.717) is 12.5 Å². The molecule has 2 aromatic rings. The molecule has 1 aromatic carbocycles.